The van der Waals surface area contributed by atoms with E-state index >= 15 is 0 Å². The highest BCUT2D eigenvalue weighted by atomic mass is 35.5. The molecule has 1 heterocycles. The largest absolute Gasteiger partial charge is 0.436 e. The molecular formula is C12H7ClF3N3O2S. The molecule has 2 rings (SSSR count). The molecule has 1 aromatic heterocycles. The first-order valence-corrected chi connectivity index (χ1v) is 7.89. The van der Waals surface area contributed by atoms with Gasteiger partial charge in [0.2, 0.25) is 0 Å². The minimum Gasteiger partial charge on any atom is -0.224 e. The summed E-state index contributed by atoms with van der Waals surface area (Å²) in [5.41, 5.74) is -2.09. The van der Waals surface area contributed by atoms with Gasteiger partial charge in [-0.05, 0) is 24.3 Å². The summed E-state index contributed by atoms with van der Waals surface area (Å²) in [5, 5.41) is 11.6. The van der Waals surface area contributed by atoms with Gasteiger partial charge in [-0.2, -0.15) is 23.5 Å². The van der Waals surface area contributed by atoms with E-state index in [2.05, 4.69) is 5.10 Å². The highest BCUT2D eigenvalue weighted by Gasteiger charge is 2.39. The number of hydrogen-bond donors (Lipinski definition) is 0. The quantitative estimate of drug-likeness (QED) is 0.835. The molecule has 0 bridgehead atoms. The molecule has 0 fully saturated rings. The van der Waals surface area contributed by atoms with E-state index in [1.807, 2.05) is 0 Å². The van der Waals surface area contributed by atoms with Gasteiger partial charge >= 0.3 is 6.18 Å². The molecule has 0 atom stereocenters. The number of rotatable bonds is 2. The van der Waals surface area contributed by atoms with Gasteiger partial charge in [0.1, 0.15) is 11.6 Å². The van der Waals surface area contributed by atoms with E-state index in [1.165, 1.54) is 30.3 Å². The Hall–Kier alpha value is -2.05. The van der Waals surface area contributed by atoms with Crippen LogP contribution in [0.2, 0.25) is 5.15 Å². The zero-order valence-electron chi connectivity index (χ0n) is 10.9. The Balaban J connectivity index is 2.60. The van der Waals surface area contributed by atoms with Crippen molar-refractivity contribution in [2.45, 2.75) is 11.1 Å². The maximum absolute atomic E-state index is 12.8. The molecule has 5 nitrogen and oxygen atoms in total. The van der Waals surface area contributed by atoms with Gasteiger partial charge < -0.3 is 0 Å². The van der Waals surface area contributed by atoms with E-state index in [4.69, 9.17) is 16.9 Å². The smallest absolute Gasteiger partial charge is 0.224 e. The maximum Gasteiger partial charge on any atom is 0.436 e. The van der Waals surface area contributed by atoms with Gasteiger partial charge in [0.25, 0.3) is 0 Å². The van der Waals surface area contributed by atoms with Crippen LogP contribution in [0.1, 0.15) is 11.3 Å². The first-order chi connectivity index (χ1) is 10.1. The summed E-state index contributed by atoms with van der Waals surface area (Å²) >= 11 is 5.76. The zero-order valence-corrected chi connectivity index (χ0v) is 12.5. The van der Waals surface area contributed by atoms with Gasteiger partial charge in [0, 0.05) is 6.26 Å². The normalized spacial score (nSPS) is 12.2. The third-order valence-corrected chi connectivity index (χ3v) is 4.20. The van der Waals surface area contributed by atoms with Crippen LogP contribution in [-0.2, 0) is 16.0 Å². The van der Waals surface area contributed by atoms with Crippen molar-refractivity contribution in [1.29, 1.82) is 5.26 Å². The summed E-state index contributed by atoms with van der Waals surface area (Å²) in [6.45, 7) is 0. The summed E-state index contributed by atoms with van der Waals surface area (Å²) in [6, 6.07) is 6.28. The Morgan fingerprint density at radius 1 is 1.27 bits per heavy atom. The maximum atomic E-state index is 12.8. The third-order valence-electron chi connectivity index (χ3n) is 2.72. The second-order valence-electron chi connectivity index (χ2n) is 4.30. The lowest BCUT2D eigenvalue weighted by atomic mass is 10.2. The van der Waals surface area contributed by atoms with Crippen LogP contribution in [0.25, 0.3) is 5.69 Å². The number of halogens is 4. The Morgan fingerprint density at radius 2 is 1.82 bits per heavy atom. The summed E-state index contributed by atoms with van der Waals surface area (Å²) in [6.07, 6.45) is -3.83. The van der Waals surface area contributed by atoms with Crippen molar-refractivity contribution < 1.29 is 21.6 Å². The van der Waals surface area contributed by atoms with Gasteiger partial charge in [0.05, 0.1) is 10.6 Å². The molecule has 0 aliphatic carbocycles. The molecule has 0 amide bonds. The average molecular weight is 350 g/mol. The van der Waals surface area contributed by atoms with Gasteiger partial charge in [-0.1, -0.05) is 11.6 Å². The predicted molar refractivity (Wildman–Crippen MR) is 71.4 cm³/mol. The summed E-state index contributed by atoms with van der Waals surface area (Å²) in [7, 11) is -3.44. The highest BCUT2D eigenvalue weighted by Crippen LogP contribution is 2.35. The fourth-order valence-corrected chi connectivity index (χ4v) is 2.60. The fraction of sp³-hybridized carbons (Fsp3) is 0.167. The lowest BCUT2D eigenvalue weighted by Gasteiger charge is -2.04. The van der Waals surface area contributed by atoms with E-state index in [9.17, 15) is 21.6 Å². The van der Waals surface area contributed by atoms with Crippen LogP contribution in [0.3, 0.4) is 0 Å². The molecule has 0 saturated heterocycles. The molecule has 0 aliphatic heterocycles. The van der Waals surface area contributed by atoms with Crippen molar-refractivity contribution in [3.8, 4) is 11.8 Å². The van der Waals surface area contributed by atoms with Gasteiger partial charge in [-0.25, -0.2) is 13.1 Å². The van der Waals surface area contributed by atoms with Crippen LogP contribution in [0.4, 0.5) is 13.2 Å². The van der Waals surface area contributed by atoms with E-state index in [-0.39, 0.29) is 10.6 Å². The van der Waals surface area contributed by atoms with Crippen molar-refractivity contribution in [3.05, 3.63) is 40.7 Å². The lowest BCUT2D eigenvalue weighted by molar-refractivity contribution is -0.141. The van der Waals surface area contributed by atoms with Crippen molar-refractivity contribution in [1.82, 2.24) is 9.78 Å². The molecule has 0 saturated carbocycles. The first-order valence-electron chi connectivity index (χ1n) is 5.62. The standard InChI is InChI=1S/C12H7ClF3N3O2S/c1-22(20,21)8-4-2-7(3-5-8)19-11(13)9(6-17)10(18-19)12(14,15)16/h2-5H,1H3. The highest BCUT2D eigenvalue weighted by molar-refractivity contribution is 7.90. The fourth-order valence-electron chi connectivity index (χ4n) is 1.70. The SMILES string of the molecule is CS(=O)(=O)c1ccc(-n2nc(C(F)(F)F)c(C#N)c2Cl)cc1. The van der Waals surface area contributed by atoms with E-state index in [1.54, 1.807) is 0 Å². The molecule has 0 N–H and O–H groups in total. The summed E-state index contributed by atoms with van der Waals surface area (Å²) in [4.78, 5) is -0.00363. The molecule has 22 heavy (non-hydrogen) atoms. The number of alkyl halides is 3. The zero-order chi connectivity index (χ0) is 16.7. The van der Waals surface area contributed by atoms with Crippen LogP contribution in [0.15, 0.2) is 29.2 Å². The molecule has 0 spiro atoms. The van der Waals surface area contributed by atoms with Gasteiger partial charge in [-0.15, -0.1) is 0 Å². The van der Waals surface area contributed by atoms with Crippen molar-refractivity contribution in [3.63, 3.8) is 0 Å². The van der Waals surface area contributed by atoms with Gasteiger partial charge in [-0.3, -0.25) is 0 Å². The Kier molecular flexibility index (Phi) is 3.93. The molecule has 0 radical (unpaired) electrons. The van der Waals surface area contributed by atoms with Crippen LogP contribution < -0.4 is 0 Å². The third kappa shape index (κ3) is 2.93. The second-order valence-corrected chi connectivity index (χ2v) is 6.68. The topological polar surface area (TPSA) is 75.8 Å². The first kappa shape index (κ1) is 16.3. The minimum absolute atomic E-state index is 0.00363. The van der Waals surface area contributed by atoms with E-state index in [0.717, 1.165) is 10.9 Å². The molecule has 10 heteroatoms. The number of benzene rings is 1. The summed E-state index contributed by atoms with van der Waals surface area (Å²) in [5.74, 6) is 0. The number of nitriles is 1. The molecule has 116 valence electrons. The molecular weight excluding hydrogens is 343 g/mol. The van der Waals surface area contributed by atoms with Crippen LogP contribution >= 0.6 is 11.6 Å². The Bertz CT molecular complexity index is 865. The lowest BCUT2D eigenvalue weighted by Crippen LogP contribution is -2.09. The van der Waals surface area contributed by atoms with Crippen molar-refractivity contribution in [2.75, 3.05) is 6.26 Å². The Labute approximate surface area is 128 Å². The molecule has 2 aromatic rings. The predicted octanol–water partition coefficient (Wildman–Crippen LogP) is 2.82. The summed E-state index contributed by atoms with van der Waals surface area (Å²) < 4.78 is 61.8. The number of sulfone groups is 1. The van der Waals surface area contributed by atoms with Gasteiger partial charge in [0.15, 0.2) is 20.7 Å². The molecule has 0 aliphatic rings. The van der Waals surface area contributed by atoms with Crippen molar-refractivity contribution >= 4 is 21.4 Å². The number of nitrogens with zero attached hydrogens (tertiary/aromatic N) is 3. The molecule has 1 aromatic carbocycles. The monoisotopic (exact) mass is 349 g/mol. The minimum atomic E-state index is -4.83. The van der Waals surface area contributed by atoms with E-state index < -0.39 is 32.4 Å². The number of hydrogen-bond acceptors (Lipinski definition) is 4. The van der Waals surface area contributed by atoms with Crippen LogP contribution in [0.5, 0.6) is 0 Å². The molecule has 0 unspecified atom stereocenters. The van der Waals surface area contributed by atoms with Crippen LogP contribution in [-0.4, -0.2) is 24.5 Å². The second kappa shape index (κ2) is 5.30. The Morgan fingerprint density at radius 3 is 2.18 bits per heavy atom. The van der Waals surface area contributed by atoms with E-state index in [0.29, 0.717) is 0 Å². The number of aromatic nitrogens is 2. The van der Waals surface area contributed by atoms with Crippen LogP contribution in [0, 0.1) is 11.3 Å². The van der Waals surface area contributed by atoms with Crippen molar-refractivity contribution in [2.24, 2.45) is 0 Å². The average Bonchev–Trinajstić information content (AvgIpc) is 2.74.